The average molecular weight is 243 g/mol. The molecule has 0 saturated carbocycles. The van der Waals surface area contributed by atoms with Crippen LogP contribution >= 0.6 is 0 Å². The molecule has 0 bridgehead atoms. The number of aliphatic hydroxyl groups excluding tert-OH is 1. The monoisotopic (exact) mass is 243 g/mol. The lowest BCUT2D eigenvalue weighted by atomic mass is 10.0. The summed E-state index contributed by atoms with van der Waals surface area (Å²) in [5.41, 5.74) is 2.56. The van der Waals surface area contributed by atoms with Crippen molar-refractivity contribution in [2.24, 2.45) is 0 Å². The summed E-state index contributed by atoms with van der Waals surface area (Å²) < 4.78 is 0. The van der Waals surface area contributed by atoms with Crippen molar-refractivity contribution in [3.05, 3.63) is 75.3 Å². The number of aryl methyl sites for hydroxylation is 1. The van der Waals surface area contributed by atoms with Gasteiger partial charge in [0.1, 0.15) is 6.10 Å². The molecule has 2 aromatic carbocycles. The van der Waals surface area contributed by atoms with E-state index in [1.807, 2.05) is 31.2 Å². The summed E-state index contributed by atoms with van der Waals surface area (Å²) in [6.07, 6.45) is -0.758. The van der Waals surface area contributed by atoms with Crippen molar-refractivity contribution in [1.82, 2.24) is 0 Å². The molecule has 18 heavy (non-hydrogen) atoms. The summed E-state index contributed by atoms with van der Waals surface area (Å²) in [4.78, 5) is 10.1. The van der Waals surface area contributed by atoms with E-state index in [9.17, 15) is 15.2 Å². The second-order valence-corrected chi connectivity index (χ2v) is 4.16. The van der Waals surface area contributed by atoms with Crippen LogP contribution in [-0.4, -0.2) is 10.0 Å². The Bertz CT molecular complexity index is 546. The molecular formula is C14H13NO3. The van der Waals surface area contributed by atoms with Gasteiger partial charge in [0.2, 0.25) is 0 Å². The zero-order valence-electron chi connectivity index (χ0n) is 9.91. The number of hydrogen-bond acceptors (Lipinski definition) is 3. The van der Waals surface area contributed by atoms with Gasteiger partial charge < -0.3 is 5.11 Å². The number of hydrogen-bond donors (Lipinski definition) is 1. The number of rotatable bonds is 3. The molecule has 0 aliphatic heterocycles. The van der Waals surface area contributed by atoms with E-state index in [-0.39, 0.29) is 5.69 Å². The summed E-state index contributed by atoms with van der Waals surface area (Å²) >= 11 is 0. The predicted molar refractivity (Wildman–Crippen MR) is 68.3 cm³/mol. The number of aliphatic hydroxyl groups is 1. The molecule has 0 aromatic heterocycles. The molecule has 0 fully saturated rings. The molecule has 2 rings (SSSR count). The Morgan fingerprint density at radius 1 is 1.00 bits per heavy atom. The van der Waals surface area contributed by atoms with E-state index in [2.05, 4.69) is 0 Å². The van der Waals surface area contributed by atoms with Gasteiger partial charge in [0.05, 0.1) is 4.92 Å². The summed E-state index contributed by atoms with van der Waals surface area (Å²) in [6, 6.07) is 13.5. The predicted octanol–water partition coefficient (Wildman–Crippen LogP) is 2.98. The third kappa shape index (κ3) is 2.55. The van der Waals surface area contributed by atoms with Crippen LogP contribution in [0.3, 0.4) is 0 Å². The van der Waals surface area contributed by atoms with E-state index >= 15 is 0 Å². The van der Waals surface area contributed by atoms with Gasteiger partial charge in [-0.05, 0) is 30.2 Å². The summed E-state index contributed by atoms with van der Waals surface area (Å²) in [5.74, 6) is 0. The largest absolute Gasteiger partial charge is 0.384 e. The van der Waals surface area contributed by atoms with Crippen LogP contribution in [-0.2, 0) is 0 Å². The minimum atomic E-state index is -0.758. The molecule has 1 N–H and O–H groups in total. The van der Waals surface area contributed by atoms with Crippen LogP contribution in [0.2, 0.25) is 0 Å². The van der Waals surface area contributed by atoms with E-state index in [4.69, 9.17) is 0 Å². The number of nitro benzene ring substituents is 1. The van der Waals surface area contributed by atoms with Crippen molar-refractivity contribution in [3.63, 3.8) is 0 Å². The van der Waals surface area contributed by atoms with E-state index in [0.717, 1.165) is 11.1 Å². The first-order chi connectivity index (χ1) is 8.58. The van der Waals surface area contributed by atoms with Crippen molar-refractivity contribution in [3.8, 4) is 0 Å². The topological polar surface area (TPSA) is 63.4 Å². The highest BCUT2D eigenvalue weighted by Gasteiger charge is 2.12. The van der Waals surface area contributed by atoms with Gasteiger partial charge in [-0.15, -0.1) is 0 Å². The van der Waals surface area contributed by atoms with Crippen LogP contribution in [0.5, 0.6) is 0 Å². The maximum Gasteiger partial charge on any atom is 0.269 e. The second-order valence-electron chi connectivity index (χ2n) is 4.16. The normalized spacial score (nSPS) is 12.1. The Kier molecular flexibility index (Phi) is 3.39. The Hall–Kier alpha value is -2.20. The maximum atomic E-state index is 10.5. The molecule has 0 amide bonds. The molecule has 0 aliphatic rings. The van der Waals surface area contributed by atoms with Gasteiger partial charge in [0.15, 0.2) is 0 Å². The molecule has 2 aromatic rings. The Morgan fingerprint density at radius 3 is 1.89 bits per heavy atom. The lowest BCUT2D eigenvalue weighted by molar-refractivity contribution is -0.384. The molecule has 0 saturated heterocycles. The zero-order chi connectivity index (χ0) is 13.1. The number of nitrogens with zero attached hydrogens (tertiary/aromatic N) is 1. The van der Waals surface area contributed by atoms with Crippen molar-refractivity contribution in [1.29, 1.82) is 0 Å². The molecule has 0 aliphatic carbocycles. The maximum absolute atomic E-state index is 10.5. The van der Waals surface area contributed by atoms with Crippen molar-refractivity contribution >= 4 is 5.69 Å². The third-order valence-corrected chi connectivity index (χ3v) is 2.81. The highest BCUT2D eigenvalue weighted by atomic mass is 16.6. The Morgan fingerprint density at radius 2 is 1.44 bits per heavy atom. The van der Waals surface area contributed by atoms with Crippen LogP contribution < -0.4 is 0 Å². The first kappa shape index (κ1) is 12.3. The molecule has 92 valence electrons. The zero-order valence-corrected chi connectivity index (χ0v) is 9.91. The van der Waals surface area contributed by atoms with E-state index in [1.165, 1.54) is 12.1 Å². The fourth-order valence-corrected chi connectivity index (χ4v) is 1.72. The summed E-state index contributed by atoms with van der Waals surface area (Å²) in [7, 11) is 0. The van der Waals surface area contributed by atoms with Gasteiger partial charge in [0, 0.05) is 12.1 Å². The highest BCUT2D eigenvalue weighted by Crippen LogP contribution is 2.24. The number of nitro groups is 1. The van der Waals surface area contributed by atoms with Crippen LogP contribution in [0, 0.1) is 17.0 Å². The van der Waals surface area contributed by atoms with Gasteiger partial charge in [-0.2, -0.15) is 0 Å². The standard InChI is InChI=1S/C14H13NO3/c1-10-2-4-11(5-3-10)14(16)12-6-8-13(9-7-12)15(17)18/h2-9,14,16H,1H3. The third-order valence-electron chi connectivity index (χ3n) is 2.81. The van der Waals surface area contributed by atoms with Crippen LogP contribution in [0.1, 0.15) is 22.8 Å². The van der Waals surface area contributed by atoms with Crippen molar-refractivity contribution in [2.75, 3.05) is 0 Å². The van der Waals surface area contributed by atoms with Crippen molar-refractivity contribution in [2.45, 2.75) is 13.0 Å². The Labute approximate surface area is 105 Å². The Balaban J connectivity index is 2.25. The molecule has 4 nitrogen and oxygen atoms in total. The quantitative estimate of drug-likeness (QED) is 0.665. The molecule has 4 heteroatoms. The molecule has 1 unspecified atom stereocenters. The molecule has 0 radical (unpaired) electrons. The van der Waals surface area contributed by atoms with E-state index in [1.54, 1.807) is 12.1 Å². The summed E-state index contributed by atoms with van der Waals surface area (Å²) in [5, 5.41) is 20.7. The van der Waals surface area contributed by atoms with Crippen molar-refractivity contribution < 1.29 is 10.0 Å². The minimum absolute atomic E-state index is 0.0230. The van der Waals surface area contributed by atoms with Crippen LogP contribution in [0.4, 0.5) is 5.69 Å². The molecule has 0 heterocycles. The SMILES string of the molecule is Cc1ccc(C(O)c2ccc([N+](=O)[O-])cc2)cc1. The smallest absolute Gasteiger partial charge is 0.269 e. The van der Waals surface area contributed by atoms with Crippen LogP contribution in [0.25, 0.3) is 0 Å². The first-order valence-corrected chi connectivity index (χ1v) is 5.57. The molecular weight excluding hydrogens is 230 g/mol. The van der Waals surface area contributed by atoms with Crippen LogP contribution in [0.15, 0.2) is 48.5 Å². The first-order valence-electron chi connectivity index (χ1n) is 5.57. The van der Waals surface area contributed by atoms with Gasteiger partial charge in [0.25, 0.3) is 5.69 Å². The highest BCUT2D eigenvalue weighted by molar-refractivity contribution is 5.37. The van der Waals surface area contributed by atoms with E-state index in [0.29, 0.717) is 5.56 Å². The second kappa shape index (κ2) is 4.98. The van der Waals surface area contributed by atoms with E-state index < -0.39 is 11.0 Å². The van der Waals surface area contributed by atoms with Gasteiger partial charge in [-0.3, -0.25) is 10.1 Å². The van der Waals surface area contributed by atoms with Gasteiger partial charge in [-0.25, -0.2) is 0 Å². The number of non-ortho nitro benzene ring substituents is 1. The fourth-order valence-electron chi connectivity index (χ4n) is 1.72. The molecule has 1 atom stereocenters. The van der Waals surface area contributed by atoms with Gasteiger partial charge in [-0.1, -0.05) is 29.8 Å². The fraction of sp³-hybridized carbons (Fsp3) is 0.143. The minimum Gasteiger partial charge on any atom is -0.384 e. The molecule has 0 spiro atoms. The van der Waals surface area contributed by atoms with Gasteiger partial charge >= 0.3 is 0 Å². The lowest BCUT2D eigenvalue weighted by Gasteiger charge is -2.11. The average Bonchev–Trinajstić information content (AvgIpc) is 2.39. The lowest BCUT2D eigenvalue weighted by Crippen LogP contribution is -1.99. The summed E-state index contributed by atoms with van der Waals surface area (Å²) in [6.45, 7) is 1.97. The number of benzene rings is 2.